The van der Waals surface area contributed by atoms with Crippen molar-refractivity contribution in [3.63, 3.8) is 0 Å². The van der Waals surface area contributed by atoms with Gasteiger partial charge in [0.15, 0.2) is 0 Å². The van der Waals surface area contributed by atoms with Crippen molar-refractivity contribution in [1.29, 1.82) is 0 Å². The second kappa shape index (κ2) is 4.63. The zero-order valence-electron chi connectivity index (χ0n) is 8.45. The molecule has 16 heavy (non-hydrogen) atoms. The van der Waals surface area contributed by atoms with Crippen molar-refractivity contribution in [2.24, 2.45) is 0 Å². The molecule has 0 aliphatic carbocycles. The first-order chi connectivity index (χ1) is 7.72. The summed E-state index contributed by atoms with van der Waals surface area (Å²) in [4.78, 5) is 0.743. The number of nitrogens with zero attached hydrogens (tertiary/aromatic N) is 2. The van der Waals surface area contributed by atoms with Crippen LogP contribution in [0.2, 0.25) is 0 Å². The summed E-state index contributed by atoms with van der Waals surface area (Å²) in [5, 5.41) is 6.59. The van der Waals surface area contributed by atoms with Crippen molar-refractivity contribution in [1.82, 2.24) is 14.9 Å². The molecule has 1 aromatic carbocycles. The highest BCUT2D eigenvalue weighted by atomic mass is 32.1. The van der Waals surface area contributed by atoms with Crippen LogP contribution in [0.5, 0.6) is 0 Å². The van der Waals surface area contributed by atoms with E-state index in [-0.39, 0.29) is 5.56 Å². The minimum atomic E-state index is -0.464. The van der Waals surface area contributed by atoms with Crippen molar-refractivity contribution in [3.05, 3.63) is 46.5 Å². The van der Waals surface area contributed by atoms with E-state index in [9.17, 15) is 8.78 Å². The van der Waals surface area contributed by atoms with Crippen LogP contribution in [0.15, 0.2) is 24.4 Å². The second-order valence-corrected chi connectivity index (χ2v) is 4.02. The Morgan fingerprint density at radius 3 is 2.81 bits per heavy atom. The van der Waals surface area contributed by atoms with Crippen LogP contribution in [0, 0.1) is 11.6 Å². The van der Waals surface area contributed by atoms with Crippen LogP contribution in [-0.2, 0) is 0 Å². The third-order valence-corrected chi connectivity index (χ3v) is 2.95. The molecule has 0 aliphatic rings. The van der Waals surface area contributed by atoms with E-state index < -0.39 is 17.7 Å². The maximum absolute atomic E-state index is 13.6. The first-order valence-corrected chi connectivity index (χ1v) is 5.39. The molecule has 1 heterocycles. The van der Waals surface area contributed by atoms with Gasteiger partial charge in [-0.3, -0.25) is 0 Å². The Morgan fingerprint density at radius 1 is 1.38 bits per heavy atom. The molecule has 2 rings (SSSR count). The predicted octanol–water partition coefficient (Wildman–Crippen LogP) is 2.13. The van der Waals surface area contributed by atoms with Crippen LogP contribution >= 0.6 is 11.5 Å². The molecule has 2 aromatic rings. The quantitative estimate of drug-likeness (QED) is 0.894. The molecule has 0 amide bonds. The predicted molar refractivity (Wildman–Crippen MR) is 57.2 cm³/mol. The van der Waals surface area contributed by atoms with Gasteiger partial charge in [-0.1, -0.05) is 4.49 Å². The van der Waals surface area contributed by atoms with Crippen LogP contribution in [0.3, 0.4) is 0 Å². The summed E-state index contributed by atoms with van der Waals surface area (Å²) < 4.78 is 30.3. The smallest absolute Gasteiger partial charge is 0.128 e. The SMILES string of the molecule is CNC(c1cnns1)c1cc(F)ccc1F. The number of benzene rings is 1. The summed E-state index contributed by atoms with van der Waals surface area (Å²) in [6, 6.07) is 2.96. The van der Waals surface area contributed by atoms with Gasteiger partial charge in [0.1, 0.15) is 11.6 Å². The molecule has 6 heteroatoms. The fourth-order valence-corrected chi connectivity index (χ4v) is 2.12. The Balaban J connectivity index is 2.44. The highest BCUT2D eigenvalue weighted by Crippen LogP contribution is 2.26. The van der Waals surface area contributed by atoms with E-state index in [0.29, 0.717) is 0 Å². The number of halogens is 2. The average molecular weight is 241 g/mol. The van der Waals surface area contributed by atoms with E-state index >= 15 is 0 Å². The van der Waals surface area contributed by atoms with Gasteiger partial charge in [-0.2, -0.15) is 0 Å². The van der Waals surface area contributed by atoms with Gasteiger partial charge in [0, 0.05) is 5.56 Å². The molecule has 0 spiro atoms. The van der Waals surface area contributed by atoms with Crippen molar-refractivity contribution in [2.45, 2.75) is 6.04 Å². The van der Waals surface area contributed by atoms with E-state index in [1.807, 2.05) is 0 Å². The van der Waals surface area contributed by atoms with Gasteiger partial charge in [0.2, 0.25) is 0 Å². The first-order valence-electron chi connectivity index (χ1n) is 4.62. The summed E-state index contributed by atoms with van der Waals surface area (Å²) in [5.41, 5.74) is 0.258. The third-order valence-electron chi connectivity index (χ3n) is 2.22. The van der Waals surface area contributed by atoms with E-state index in [2.05, 4.69) is 14.9 Å². The maximum Gasteiger partial charge on any atom is 0.128 e. The number of aromatic nitrogens is 2. The van der Waals surface area contributed by atoms with Gasteiger partial charge in [0.25, 0.3) is 0 Å². The van der Waals surface area contributed by atoms with Crippen molar-refractivity contribution in [3.8, 4) is 0 Å². The lowest BCUT2D eigenvalue weighted by atomic mass is 10.1. The molecule has 0 bridgehead atoms. The van der Waals surface area contributed by atoms with Crippen LogP contribution in [0.1, 0.15) is 16.5 Å². The summed E-state index contributed by atoms with van der Waals surface area (Å²) in [7, 11) is 1.68. The fourth-order valence-electron chi connectivity index (χ4n) is 1.49. The lowest BCUT2D eigenvalue weighted by Crippen LogP contribution is -2.18. The Labute approximate surface area is 95.3 Å². The minimum absolute atomic E-state index is 0.258. The molecule has 3 nitrogen and oxygen atoms in total. The van der Waals surface area contributed by atoms with Gasteiger partial charge in [-0.15, -0.1) is 5.10 Å². The van der Waals surface area contributed by atoms with Crippen molar-refractivity contribution >= 4 is 11.5 Å². The van der Waals surface area contributed by atoms with Crippen molar-refractivity contribution < 1.29 is 8.78 Å². The minimum Gasteiger partial charge on any atom is -0.308 e. The molecule has 0 saturated carbocycles. The second-order valence-electron chi connectivity index (χ2n) is 3.21. The molecule has 1 aromatic heterocycles. The number of hydrogen-bond acceptors (Lipinski definition) is 4. The van der Waals surface area contributed by atoms with Crippen molar-refractivity contribution in [2.75, 3.05) is 7.05 Å². The van der Waals surface area contributed by atoms with Crippen LogP contribution in [0.4, 0.5) is 8.78 Å². The number of hydrogen-bond donors (Lipinski definition) is 1. The largest absolute Gasteiger partial charge is 0.308 e. The Bertz CT molecular complexity index is 473. The lowest BCUT2D eigenvalue weighted by molar-refractivity contribution is 0.560. The molecule has 0 fully saturated rings. The number of rotatable bonds is 3. The summed E-state index contributed by atoms with van der Waals surface area (Å²) in [6.07, 6.45) is 1.54. The molecular weight excluding hydrogens is 232 g/mol. The average Bonchev–Trinajstić information content (AvgIpc) is 2.78. The third kappa shape index (κ3) is 2.07. The van der Waals surface area contributed by atoms with E-state index in [1.54, 1.807) is 7.05 Å². The summed E-state index contributed by atoms with van der Waals surface area (Å²) >= 11 is 1.15. The van der Waals surface area contributed by atoms with E-state index in [1.165, 1.54) is 12.3 Å². The van der Waals surface area contributed by atoms with Gasteiger partial charge in [-0.05, 0) is 36.8 Å². The van der Waals surface area contributed by atoms with Crippen LogP contribution < -0.4 is 5.32 Å². The summed E-state index contributed by atoms with van der Waals surface area (Å²) in [5.74, 6) is -0.914. The molecule has 84 valence electrons. The molecule has 1 atom stereocenters. The Hall–Kier alpha value is -1.40. The monoisotopic (exact) mass is 241 g/mol. The highest BCUT2D eigenvalue weighted by molar-refractivity contribution is 7.05. The van der Waals surface area contributed by atoms with E-state index in [4.69, 9.17) is 0 Å². The Kier molecular flexibility index (Phi) is 3.21. The number of nitrogens with one attached hydrogen (secondary N) is 1. The van der Waals surface area contributed by atoms with Gasteiger partial charge in [-0.25, -0.2) is 8.78 Å². The maximum atomic E-state index is 13.6. The molecule has 0 radical (unpaired) electrons. The molecule has 1 N–H and O–H groups in total. The zero-order valence-corrected chi connectivity index (χ0v) is 9.26. The lowest BCUT2D eigenvalue weighted by Gasteiger charge is -2.14. The topological polar surface area (TPSA) is 37.8 Å². The summed E-state index contributed by atoms with van der Waals surface area (Å²) in [6.45, 7) is 0. The van der Waals surface area contributed by atoms with Crippen LogP contribution in [-0.4, -0.2) is 16.6 Å². The molecule has 1 unspecified atom stereocenters. The van der Waals surface area contributed by atoms with Gasteiger partial charge >= 0.3 is 0 Å². The molecule has 0 saturated heterocycles. The zero-order chi connectivity index (χ0) is 11.5. The molecular formula is C10H9F2N3S. The van der Waals surface area contributed by atoms with Gasteiger partial charge < -0.3 is 5.32 Å². The standard InChI is InChI=1S/C10H9F2N3S/c1-13-10(9-5-14-15-16-9)7-4-6(11)2-3-8(7)12/h2-5,10,13H,1H3. The highest BCUT2D eigenvalue weighted by Gasteiger charge is 2.18. The van der Waals surface area contributed by atoms with Gasteiger partial charge in [0.05, 0.1) is 17.1 Å². The van der Waals surface area contributed by atoms with Crippen LogP contribution in [0.25, 0.3) is 0 Å². The Morgan fingerprint density at radius 2 is 2.19 bits per heavy atom. The fraction of sp³-hybridized carbons (Fsp3) is 0.200. The van der Waals surface area contributed by atoms with E-state index in [0.717, 1.165) is 28.5 Å². The normalized spacial score (nSPS) is 12.7. The first kappa shape index (κ1) is 11.1. The molecule has 0 aliphatic heterocycles.